The number of rotatable bonds is 5. The fraction of sp³-hybridized carbons (Fsp3) is 0.500. The summed E-state index contributed by atoms with van der Waals surface area (Å²) in [5, 5.41) is 18.6. The number of fused-ring (bicyclic) bond motifs is 1. The number of ether oxygens (including phenoxy) is 1. The minimum Gasteiger partial charge on any atom is -0.389 e. The van der Waals surface area contributed by atoms with Gasteiger partial charge in [-0.05, 0) is 12.1 Å². The second-order valence-corrected chi connectivity index (χ2v) is 9.92. The second kappa shape index (κ2) is 8.67. The number of hydrogen-bond acceptors (Lipinski definition) is 8. The van der Waals surface area contributed by atoms with Crippen molar-refractivity contribution in [2.24, 2.45) is 0 Å². The molecule has 3 fully saturated rings. The topological polar surface area (TPSA) is 91.6 Å². The van der Waals surface area contributed by atoms with Crippen LogP contribution in [-0.4, -0.2) is 87.2 Å². The van der Waals surface area contributed by atoms with Crippen LogP contribution in [0.5, 0.6) is 0 Å². The number of piperazine rings is 1. The van der Waals surface area contributed by atoms with Gasteiger partial charge in [0, 0.05) is 44.2 Å². The molecule has 2 saturated heterocycles. The van der Waals surface area contributed by atoms with E-state index >= 15 is 0 Å². The van der Waals surface area contributed by atoms with Gasteiger partial charge in [0.05, 0.1) is 53.5 Å². The molecule has 0 amide bonds. The van der Waals surface area contributed by atoms with E-state index in [2.05, 4.69) is 30.2 Å². The van der Waals surface area contributed by atoms with E-state index in [0.29, 0.717) is 29.4 Å². The molecule has 0 radical (unpaired) electrons. The Morgan fingerprint density at radius 2 is 1.89 bits per heavy atom. The Hall–Kier alpha value is -2.31. The van der Waals surface area contributed by atoms with Crippen LogP contribution in [0, 0.1) is 0 Å². The van der Waals surface area contributed by atoms with E-state index in [-0.39, 0.29) is 23.6 Å². The molecule has 13 heteroatoms. The van der Waals surface area contributed by atoms with Crippen LogP contribution in [0.3, 0.4) is 0 Å². The smallest absolute Gasteiger partial charge is 0.272 e. The number of aromatic nitrogens is 4. The van der Waals surface area contributed by atoms with Crippen LogP contribution < -0.4 is 10.2 Å². The first-order chi connectivity index (χ1) is 16.8. The maximum atomic E-state index is 13.4. The molecule has 3 atom stereocenters. The molecule has 186 valence electrons. The quantitative estimate of drug-likeness (QED) is 0.524. The summed E-state index contributed by atoms with van der Waals surface area (Å²) in [6, 6.07) is 2.77. The number of nitrogens with one attached hydrogen (secondary N) is 1. The Balaban J connectivity index is 1.19. The van der Waals surface area contributed by atoms with Gasteiger partial charge in [0.25, 0.3) is 5.92 Å². The highest BCUT2D eigenvalue weighted by Crippen LogP contribution is 2.53. The Morgan fingerprint density at radius 3 is 2.57 bits per heavy atom. The predicted molar refractivity (Wildman–Crippen MR) is 128 cm³/mol. The van der Waals surface area contributed by atoms with Gasteiger partial charge in [0.1, 0.15) is 6.04 Å². The van der Waals surface area contributed by atoms with Crippen molar-refractivity contribution in [2.45, 2.75) is 30.5 Å². The molecule has 2 aliphatic heterocycles. The maximum Gasteiger partial charge on any atom is 0.272 e. The minimum atomic E-state index is -2.78. The minimum absolute atomic E-state index is 0.0351. The number of halogens is 4. The zero-order valence-electron chi connectivity index (χ0n) is 18.5. The van der Waals surface area contributed by atoms with Crippen molar-refractivity contribution >= 4 is 51.4 Å². The molecule has 1 aliphatic carbocycles. The molecular formula is C22H23Cl2F2N7O2. The summed E-state index contributed by atoms with van der Waals surface area (Å²) in [5.41, 5.74) is 1.91. The van der Waals surface area contributed by atoms with Crippen LogP contribution in [0.2, 0.25) is 10.2 Å². The highest BCUT2D eigenvalue weighted by Gasteiger charge is 2.59. The number of aliphatic hydroxyl groups is 1. The third kappa shape index (κ3) is 4.29. The van der Waals surface area contributed by atoms with Gasteiger partial charge in [-0.1, -0.05) is 23.2 Å². The first-order valence-electron chi connectivity index (χ1n) is 11.4. The van der Waals surface area contributed by atoms with Crippen LogP contribution in [0.4, 0.5) is 26.1 Å². The van der Waals surface area contributed by atoms with E-state index in [4.69, 9.17) is 27.9 Å². The summed E-state index contributed by atoms with van der Waals surface area (Å²) in [4.78, 5) is 13.3. The third-order valence-corrected chi connectivity index (χ3v) is 7.54. The summed E-state index contributed by atoms with van der Waals surface area (Å²) in [6.45, 7) is 4.03. The lowest BCUT2D eigenvalue weighted by molar-refractivity contribution is 0.0785. The lowest BCUT2D eigenvalue weighted by Crippen LogP contribution is -2.53. The van der Waals surface area contributed by atoms with Crippen LogP contribution in [0.25, 0.3) is 10.9 Å². The number of benzene rings is 1. The Kier molecular flexibility index (Phi) is 5.72. The molecule has 9 nitrogen and oxygen atoms in total. The summed E-state index contributed by atoms with van der Waals surface area (Å²) < 4.78 is 33.3. The third-order valence-electron chi connectivity index (χ3n) is 6.86. The molecule has 2 N–H and O–H groups in total. The van der Waals surface area contributed by atoms with E-state index in [9.17, 15) is 13.9 Å². The molecule has 0 spiro atoms. The van der Waals surface area contributed by atoms with Gasteiger partial charge in [-0.15, -0.1) is 0 Å². The van der Waals surface area contributed by atoms with E-state index < -0.39 is 18.1 Å². The van der Waals surface area contributed by atoms with Gasteiger partial charge in [-0.25, -0.2) is 23.4 Å². The predicted octanol–water partition coefficient (Wildman–Crippen LogP) is 3.34. The number of anilines is 3. The summed E-state index contributed by atoms with van der Waals surface area (Å²) >= 11 is 12.9. The van der Waals surface area contributed by atoms with Crippen molar-refractivity contribution in [3.63, 3.8) is 0 Å². The number of hydrogen-bond donors (Lipinski definition) is 2. The molecule has 3 unspecified atom stereocenters. The zero-order valence-corrected chi connectivity index (χ0v) is 20.1. The van der Waals surface area contributed by atoms with Gasteiger partial charge in [-0.2, -0.15) is 5.10 Å². The van der Waals surface area contributed by atoms with Crippen molar-refractivity contribution < 1.29 is 18.6 Å². The Morgan fingerprint density at radius 1 is 1.11 bits per heavy atom. The lowest BCUT2D eigenvalue weighted by atomic mass is 10.1. The van der Waals surface area contributed by atoms with Gasteiger partial charge >= 0.3 is 0 Å². The molecule has 6 rings (SSSR count). The molecule has 3 aliphatic rings. The molecular weight excluding hydrogens is 503 g/mol. The summed E-state index contributed by atoms with van der Waals surface area (Å²) in [7, 11) is 0. The van der Waals surface area contributed by atoms with Crippen LogP contribution in [-0.2, 0) is 4.74 Å². The SMILES string of the molecule is OC1COCC1N1CCN(c2cc3nc(Nc4cnn(C5CC5(F)F)c4Cl)ncc3cc2Cl)CC1. The van der Waals surface area contributed by atoms with Gasteiger partial charge in [-0.3, -0.25) is 4.90 Å². The van der Waals surface area contributed by atoms with E-state index in [1.807, 2.05) is 12.1 Å². The Labute approximate surface area is 209 Å². The fourth-order valence-electron chi connectivity index (χ4n) is 4.75. The maximum absolute atomic E-state index is 13.4. The van der Waals surface area contributed by atoms with Gasteiger partial charge in [0.15, 0.2) is 5.15 Å². The highest BCUT2D eigenvalue weighted by molar-refractivity contribution is 6.34. The monoisotopic (exact) mass is 525 g/mol. The molecule has 1 saturated carbocycles. The van der Waals surface area contributed by atoms with Crippen molar-refractivity contribution in [3.05, 3.63) is 34.7 Å². The Bertz CT molecular complexity index is 1270. The first-order valence-corrected chi connectivity index (χ1v) is 12.1. The summed E-state index contributed by atoms with van der Waals surface area (Å²) in [6.07, 6.45) is 2.32. The standard InChI is InChI=1S/C22H23Cl2F2N7O2/c23-13-5-12-8-27-21(30-15-9-28-33(20(15)24)19-7-22(19,25)26)29-14(12)6-16(13)31-1-3-32(4-2-31)17-10-35-11-18(17)34/h5-6,8-9,17-19,34H,1-4,7,10-11H2,(H,27,29,30). The average Bonchev–Trinajstić information content (AvgIpc) is 3.11. The highest BCUT2D eigenvalue weighted by atomic mass is 35.5. The second-order valence-electron chi connectivity index (χ2n) is 9.15. The lowest BCUT2D eigenvalue weighted by Gasteiger charge is -2.39. The fourth-order valence-corrected chi connectivity index (χ4v) is 5.30. The molecule has 4 heterocycles. The van der Waals surface area contributed by atoms with Crippen LogP contribution in [0.1, 0.15) is 12.5 Å². The van der Waals surface area contributed by atoms with E-state index in [1.54, 1.807) is 6.20 Å². The normalized spacial score (nSPS) is 26.4. The number of aliphatic hydroxyl groups excluding tert-OH is 1. The number of nitrogens with zero attached hydrogens (tertiary/aromatic N) is 6. The van der Waals surface area contributed by atoms with Gasteiger partial charge < -0.3 is 20.1 Å². The number of alkyl halides is 2. The van der Waals surface area contributed by atoms with Crippen molar-refractivity contribution in [2.75, 3.05) is 49.6 Å². The largest absolute Gasteiger partial charge is 0.389 e. The van der Waals surface area contributed by atoms with Crippen LogP contribution in [0.15, 0.2) is 24.5 Å². The van der Waals surface area contributed by atoms with Crippen molar-refractivity contribution in [1.82, 2.24) is 24.6 Å². The summed E-state index contributed by atoms with van der Waals surface area (Å²) in [5.74, 6) is -2.51. The van der Waals surface area contributed by atoms with E-state index in [0.717, 1.165) is 41.9 Å². The molecule has 2 aromatic heterocycles. The van der Waals surface area contributed by atoms with Gasteiger partial charge in [0.2, 0.25) is 5.95 Å². The van der Waals surface area contributed by atoms with Crippen molar-refractivity contribution in [3.8, 4) is 0 Å². The molecule has 0 bridgehead atoms. The van der Waals surface area contributed by atoms with Crippen molar-refractivity contribution in [1.29, 1.82) is 0 Å². The molecule has 1 aromatic carbocycles. The zero-order chi connectivity index (χ0) is 24.3. The first kappa shape index (κ1) is 23.1. The average molecular weight is 526 g/mol. The van der Waals surface area contributed by atoms with Crippen LogP contribution >= 0.6 is 23.2 Å². The molecule has 3 aromatic rings. The van der Waals surface area contributed by atoms with E-state index in [1.165, 1.54) is 6.20 Å². The molecule has 35 heavy (non-hydrogen) atoms.